The van der Waals surface area contributed by atoms with Gasteiger partial charge in [-0.3, -0.25) is 0 Å². The zero-order valence-corrected chi connectivity index (χ0v) is 23.0. The van der Waals surface area contributed by atoms with Gasteiger partial charge in [0.1, 0.15) is 0 Å². The van der Waals surface area contributed by atoms with E-state index in [-0.39, 0.29) is 0 Å². The average molecular weight is 494 g/mol. The smallest absolute Gasteiger partial charge is 0.0544 e. The van der Waals surface area contributed by atoms with E-state index in [2.05, 4.69) is 142 Å². The van der Waals surface area contributed by atoms with Crippen molar-refractivity contribution in [3.05, 3.63) is 125 Å². The van der Waals surface area contributed by atoms with Gasteiger partial charge in [-0.2, -0.15) is 0 Å². The van der Waals surface area contributed by atoms with Crippen molar-refractivity contribution in [2.75, 3.05) is 0 Å². The van der Waals surface area contributed by atoms with Crippen LogP contribution < -0.4 is 0 Å². The number of aromatic nitrogens is 1. The maximum Gasteiger partial charge on any atom is 0.0544 e. The highest BCUT2D eigenvalue weighted by molar-refractivity contribution is 6.13. The molecule has 0 bridgehead atoms. The summed E-state index contributed by atoms with van der Waals surface area (Å²) in [6.45, 7) is 11.3. The second-order valence-corrected chi connectivity index (χ2v) is 10.7. The lowest BCUT2D eigenvalue weighted by Gasteiger charge is -2.19. The van der Waals surface area contributed by atoms with Gasteiger partial charge in [-0.15, -0.1) is 0 Å². The number of benzene rings is 5. The Morgan fingerprint density at radius 1 is 0.579 bits per heavy atom. The fourth-order valence-electron chi connectivity index (χ4n) is 6.11. The molecule has 0 fully saturated rings. The van der Waals surface area contributed by atoms with Crippen molar-refractivity contribution >= 4 is 21.8 Å². The van der Waals surface area contributed by atoms with E-state index in [0.717, 1.165) is 6.42 Å². The van der Waals surface area contributed by atoms with Gasteiger partial charge in [-0.1, -0.05) is 92.7 Å². The molecule has 0 aliphatic carbocycles. The van der Waals surface area contributed by atoms with Gasteiger partial charge in [-0.05, 0) is 102 Å². The molecule has 6 aromatic rings. The lowest BCUT2D eigenvalue weighted by atomic mass is 9.85. The Hall–Kier alpha value is -4.10. The molecule has 1 heteroatoms. The fraction of sp³-hybridized carbons (Fsp3) is 0.189. The first-order chi connectivity index (χ1) is 18.5. The average Bonchev–Trinajstić information content (AvgIpc) is 3.28. The summed E-state index contributed by atoms with van der Waals surface area (Å²) in [6.07, 6.45) is 1.10. The number of hydrogen-bond donors (Lipinski definition) is 0. The van der Waals surface area contributed by atoms with Crippen molar-refractivity contribution in [1.82, 2.24) is 4.57 Å². The Morgan fingerprint density at radius 3 is 1.87 bits per heavy atom. The zero-order chi connectivity index (χ0) is 26.4. The lowest BCUT2D eigenvalue weighted by Crippen LogP contribution is -2.00. The van der Waals surface area contributed by atoms with Crippen molar-refractivity contribution in [3.63, 3.8) is 0 Å². The molecule has 188 valence electrons. The van der Waals surface area contributed by atoms with Crippen LogP contribution in [-0.2, 0) is 0 Å². The summed E-state index contributed by atoms with van der Waals surface area (Å²) in [6, 6.07) is 38.1. The summed E-state index contributed by atoms with van der Waals surface area (Å²) in [5.41, 5.74) is 14.4. The van der Waals surface area contributed by atoms with Crippen LogP contribution in [0, 0.1) is 20.8 Å². The van der Waals surface area contributed by atoms with Gasteiger partial charge in [0.2, 0.25) is 0 Å². The largest absolute Gasteiger partial charge is 0.309 e. The first-order valence-electron chi connectivity index (χ1n) is 13.8. The number of aryl methyl sites for hydroxylation is 3. The van der Waals surface area contributed by atoms with Crippen molar-refractivity contribution < 1.29 is 0 Å². The number of rotatable bonds is 5. The van der Waals surface area contributed by atoms with Gasteiger partial charge in [0, 0.05) is 16.5 Å². The summed E-state index contributed by atoms with van der Waals surface area (Å²) < 4.78 is 2.47. The van der Waals surface area contributed by atoms with Crippen LogP contribution in [-0.4, -0.2) is 4.57 Å². The van der Waals surface area contributed by atoms with Gasteiger partial charge in [0.05, 0.1) is 11.0 Å². The molecule has 6 rings (SSSR count). The minimum absolute atomic E-state index is 0.438. The summed E-state index contributed by atoms with van der Waals surface area (Å²) in [5.74, 6) is 0.438. The number of fused-ring (bicyclic) bond motifs is 3. The van der Waals surface area contributed by atoms with E-state index in [0.29, 0.717) is 5.92 Å². The molecule has 0 radical (unpaired) electrons. The Balaban J connectivity index is 1.70. The first-order valence-corrected chi connectivity index (χ1v) is 13.8. The minimum atomic E-state index is 0.438. The molecule has 5 aromatic carbocycles. The monoisotopic (exact) mass is 493 g/mol. The van der Waals surface area contributed by atoms with Gasteiger partial charge >= 0.3 is 0 Å². The van der Waals surface area contributed by atoms with Crippen LogP contribution in [0.2, 0.25) is 0 Å². The zero-order valence-electron chi connectivity index (χ0n) is 23.0. The standard InChI is InChI=1S/C37H35N/c1-6-24(2)36-31(29-15-9-7-13-25(29)3)21-22-35-37(36)32-17-11-12-18-34(32)38(35)28-20-19-27(5)33(23-28)30-16-10-8-14-26(30)4/h7-24H,6H2,1-5H3. The third-order valence-electron chi connectivity index (χ3n) is 8.33. The molecule has 0 aliphatic rings. The first kappa shape index (κ1) is 24.2. The Labute approximate surface area is 226 Å². The third-order valence-corrected chi connectivity index (χ3v) is 8.33. The van der Waals surface area contributed by atoms with Crippen molar-refractivity contribution in [3.8, 4) is 27.9 Å². The highest BCUT2D eigenvalue weighted by Gasteiger charge is 2.22. The molecular formula is C37H35N. The molecule has 1 aromatic heterocycles. The Kier molecular flexibility index (Phi) is 6.16. The van der Waals surface area contributed by atoms with E-state index < -0.39 is 0 Å². The van der Waals surface area contributed by atoms with Gasteiger partial charge < -0.3 is 4.57 Å². The van der Waals surface area contributed by atoms with Crippen molar-refractivity contribution in [2.24, 2.45) is 0 Å². The van der Waals surface area contributed by atoms with Gasteiger partial charge in [0.15, 0.2) is 0 Å². The third kappa shape index (κ3) is 3.85. The molecule has 0 saturated carbocycles. The summed E-state index contributed by atoms with van der Waals surface area (Å²) >= 11 is 0. The number of para-hydroxylation sites is 1. The van der Waals surface area contributed by atoms with E-state index in [4.69, 9.17) is 0 Å². The SMILES string of the molecule is CCC(C)c1c(-c2ccccc2C)ccc2c1c1ccccc1n2-c1ccc(C)c(-c2ccccc2C)c1. The molecule has 0 amide bonds. The highest BCUT2D eigenvalue weighted by Crippen LogP contribution is 2.43. The quantitative estimate of drug-likeness (QED) is 0.225. The van der Waals surface area contributed by atoms with E-state index in [1.165, 1.54) is 72.0 Å². The molecule has 0 saturated heterocycles. The predicted molar refractivity (Wildman–Crippen MR) is 165 cm³/mol. The summed E-state index contributed by atoms with van der Waals surface area (Å²) in [5, 5.41) is 2.71. The molecular weight excluding hydrogens is 458 g/mol. The summed E-state index contributed by atoms with van der Waals surface area (Å²) in [4.78, 5) is 0. The van der Waals surface area contributed by atoms with Crippen LogP contribution in [0.3, 0.4) is 0 Å². The lowest BCUT2D eigenvalue weighted by molar-refractivity contribution is 0.741. The number of nitrogens with zero attached hydrogens (tertiary/aromatic N) is 1. The van der Waals surface area contributed by atoms with E-state index in [9.17, 15) is 0 Å². The second kappa shape index (κ2) is 9.65. The second-order valence-electron chi connectivity index (χ2n) is 10.7. The van der Waals surface area contributed by atoms with E-state index in [1.54, 1.807) is 0 Å². The molecule has 1 atom stereocenters. The molecule has 1 nitrogen and oxygen atoms in total. The van der Waals surface area contributed by atoms with E-state index in [1.807, 2.05) is 0 Å². The van der Waals surface area contributed by atoms with Gasteiger partial charge in [0.25, 0.3) is 0 Å². The van der Waals surface area contributed by atoms with Crippen LogP contribution in [0.4, 0.5) is 0 Å². The molecule has 0 aliphatic heterocycles. The molecule has 0 spiro atoms. The maximum absolute atomic E-state index is 2.47. The van der Waals surface area contributed by atoms with Crippen LogP contribution in [0.15, 0.2) is 103 Å². The van der Waals surface area contributed by atoms with E-state index >= 15 is 0 Å². The number of hydrogen-bond acceptors (Lipinski definition) is 0. The van der Waals surface area contributed by atoms with Gasteiger partial charge in [-0.25, -0.2) is 0 Å². The van der Waals surface area contributed by atoms with Crippen molar-refractivity contribution in [2.45, 2.75) is 47.0 Å². The molecule has 38 heavy (non-hydrogen) atoms. The molecule has 1 heterocycles. The van der Waals surface area contributed by atoms with Crippen LogP contribution in [0.1, 0.15) is 48.4 Å². The fourth-order valence-corrected chi connectivity index (χ4v) is 6.11. The van der Waals surface area contributed by atoms with Crippen LogP contribution >= 0.6 is 0 Å². The van der Waals surface area contributed by atoms with Crippen LogP contribution in [0.5, 0.6) is 0 Å². The molecule has 1 unspecified atom stereocenters. The maximum atomic E-state index is 2.47. The minimum Gasteiger partial charge on any atom is -0.309 e. The Bertz CT molecular complexity index is 1800. The predicted octanol–water partition coefficient (Wildman–Crippen LogP) is 10.6. The summed E-state index contributed by atoms with van der Waals surface area (Å²) in [7, 11) is 0. The topological polar surface area (TPSA) is 4.93 Å². The highest BCUT2D eigenvalue weighted by atomic mass is 15.0. The molecule has 0 N–H and O–H groups in total. The van der Waals surface area contributed by atoms with Crippen molar-refractivity contribution in [1.29, 1.82) is 0 Å². The Morgan fingerprint density at radius 2 is 1.18 bits per heavy atom. The van der Waals surface area contributed by atoms with Crippen LogP contribution in [0.25, 0.3) is 49.7 Å². The normalized spacial score (nSPS) is 12.3.